The largest absolute Gasteiger partial charge is 1.00 e. The van der Waals surface area contributed by atoms with Crippen LogP contribution in [0.4, 0.5) is 5.82 Å². The third kappa shape index (κ3) is 15.1. The molecular formula is C18H28Li4N7O14P3. The molecule has 21 nitrogen and oxygen atoms in total. The van der Waals surface area contributed by atoms with Gasteiger partial charge in [0.2, 0.25) is 5.91 Å². The average molecular weight is 687 g/mol. The summed E-state index contributed by atoms with van der Waals surface area (Å²) < 4.78 is 51.0. The predicted molar refractivity (Wildman–Crippen MR) is 131 cm³/mol. The molecule has 1 aliphatic heterocycles. The predicted octanol–water partition coefficient (Wildman–Crippen LogP) is -15.7. The number of rotatable bonds is 17. The first-order valence-corrected chi connectivity index (χ1v) is 16.6. The van der Waals surface area contributed by atoms with Crippen LogP contribution in [0.15, 0.2) is 12.7 Å². The van der Waals surface area contributed by atoms with E-state index in [1.165, 1.54) is 10.9 Å². The van der Waals surface area contributed by atoms with E-state index in [9.17, 15) is 48.3 Å². The van der Waals surface area contributed by atoms with Crippen molar-refractivity contribution in [3.63, 3.8) is 0 Å². The van der Waals surface area contributed by atoms with Gasteiger partial charge in [-0.2, -0.15) is 0 Å². The van der Waals surface area contributed by atoms with Gasteiger partial charge in [-0.3, -0.25) is 22.8 Å². The Labute approximate surface area is 311 Å². The van der Waals surface area contributed by atoms with Crippen molar-refractivity contribution in [2.24, 2.45) is 5.73 Å². The molecule has 46 heavy (non-hydrogen) atoms. The second kappa shape index (κ2) is 21.6. The third-order valence-electron chi connectivity index (χ3n) is 5.64. The van der Waals surface area contributed by atoms with Crippen LogP contribution in [0.1, 0.15) is 31.9 Å². The van der Waals surface area contributed by atoms with E-state index in [1.54, 1.807) is 0 Å². The van der Waals surface area contributed by atoms with Gasteiger partial charge in [0.25, 0.3) is 15.6 Å². The Morgan fingerprint density at radius 3 is 2.24 bits per heavy atom. The summed E-state index contributed by atoms with van der Waals surface area (Å²) in [7, 11) is -18.2. The molecular weight excluding hydrogens is 659 g/mol. The van der Waals surface area contributed by atoms with Crippen molar-refractivity contribution < 1.29 is 142 Å². The quantitative estimate of drug-likeness (QED) is 0.0585. The fourth-order valence-electron chi connectivity index (χ4n) is 3.79. The molecule has 2 unspecified atom stereocenters. The third-order valence-corrected chi connectivity index (χ3v) is 9.30. The van der Waals surface area contributed by atoms with Gasteiger partial charge in [0, 0.05) is 6.54 Å². The molecule has 0 spiro atoms. The summed E-state index contributed by atoms with van der Waals surface area (Å²) in [6.45, 7) is -0.141. The number of nitrogens with zero attached hydrogens (tertiary/aromatic N) is 4. The molecule has 3 rings (SSSR count). The number of imidazole rings is 1. The fraction of sp³-hybridized carbons (Fsp3) is 0.667. The van der Waals surface area contributed by atoms with E-state index in [1.807, 2.05) is 0 Å². The zero-order chi connectivity index (χ0) is 31.1. The molecule has 1 saturated heterocycles. The maximum absolute atomic E-state index is 12.2. The maximum atomic E-state index is 12.2. The van der Waals surface area contributed by atoms with Crippen LogP contribution >= 0.6 is 23.5 Å². The first-order valence-electron chi connectivity index (χ1n) is 12.2. The number of nitrogens with two attached hydrogens (primary N) is 1. The van der Waals surface area contributed by atoms with Gasteiger partial charge in [0.1, 0.15) is 24.6 Å². The molecule has 6 atom stereocenters. The van der Waals surface area contributed by atoms with Crippen molar-refractivity contribution in [3.8, 4) is 0 Å². The Hall–Kier alpha value is 0.460. The van der Waals surface area contributed by atoms with E-state index in [0.717, 1.165) is 32.0 Å². The number of fused-ring (bicyclic) bond motifs is 1. The van der Waals surface area contributed by atoms with Crippen LogP contribution in [0.3, 0.4) is 0 Å². The van der Waals surface area contributed by atoms with Crippen LogP contribution in [-0.2, 0) is 36.4 Å². The number of hydrogen-bond acceptors (Lipinski definition) is 19. The van der Waals surface area contributed by atoms with Gasteiger partial charge in [-0.25, -0.2) is 19.3 Å². The molecule has 0 bridgehead atoms. The molecule has 1 fully saturated rings. The van der Waals surface area contributed by atoms with Crippen molar-refractivity contribution in [3.05, 3.63) is 12.7 Å². The van der Waals surface area contributed by atoms with Crippen molar-refractivity contribution in [1.29, 1.82) is 0 Å². The van der Waals surface area contributed by atoms with Crippen LogP contribution in [0.2, 0.25) is 0 Å². The second-order valence-corrected chi connectivity index (χ2v) is 13.0. The summed E-state index contributed by atoms with van der Waals surface area (Å²) in [6, 6.07) is 0. The Morgan fingerprint density at radius 2 is 1.61 bits per heavy atom. The minimum absolute atomic E-state index is 0. The summed E-state index contributed by atoms with van der Waals surface area (Å²) in [6.07, 6.45) is -0.558. The summed E-state index contributed by atoms with van der Waals surface area (Å²) in [5.74, 6) is -0.130. The first kappa shape index (κ1) is 48.6. The van der Waals surface area contributed by atoms with Gasteiger partial charge in [-0.1, -0.05) is 12.8 Å². The van der Waals surface area contributed by atoms with E-state index in [0.29, 0.717) is 13.1 Å². The van der Waals surface area contributed by atoms with E-state index in [2.05, 4.69) is 38.7 Å². The molecule has 2 aromatic heterocycles. The number of nitrogens with one attached hydrogen (secondary N) is 2. The molecule has 0 saturated carbocycles. The van der Waals surface area contributed by atoms with Crippen LogP contribution in [0.25, 0.3) is 11.2 Å². The van der Waals surface area contributed by atoms with Gasteiger partial charge in [0.05, 0.1) is 27.3 Å². The van der Waals surface area contributed by atoms with Crippen LogP contribution in [0, 0.1) is 0 Å². The van der Waals surface area contributed by atoms with Gasteiger partial charge in [0.15, 0.2) is 23.2 Å². The normalized spacial score (nSPS) is 21.8. The average Bonchev–Trinajstić information content (AvgIpc) is 3.42. The number of carbonyl (C=O) groups excluding carboxylic acids is 1. The molecule has 1 amide bonds. The number of amides is 1. The molecule has 28 heteroatoms. The number of hydrogen-bond donors (Lipinski definition) is 5. The number of carbonyl (C=O) groups is 1. The number of aliphatic hydroxyl groups excluding tert-OH is 2. The van der Waals surface area contributed by atoms with Gasteiger partial charge in [-0.15, -0.1) is 0 Å². The molecule has 6 N–H and O–H groups in total. The number of unbranched alkanes of at least 4 members (excludes halogenated alkanes) is 3. The zero-order valence-corrected chi connectivity index (χ0v) is 28.3. The Balaban J connectivity index is 0. The van der Waals surface area contributed by atoms with E-state index in [-0.39, 0.29) is 105 Å². The monoisotopic (exact) mass is 687 g/mol. The van der Waals surface area contributed by atoms with Crippen molar-refractivity contribution in [2.45, 2.75) is 50.2 Å². The molecule has 0 radical (unpaired) electrons. The number of phosphoric acid groups is 3. The van der Waals surface area contributed by atoms with Gasteiger partial charge in [-0.05, 0) is 19.4 Å². The number of anilines is 1. The number of phosphoric ester groups is 1. The van der Waals surface area contributed by atoms with E-state index < -0.39 is 54.6 Å². The second-order valence-electron chi connectivity index (χ2n) is 8.80. The van der Waals surface area contributed by atoms with Crippen LogP contribution in [0.5, 0.6) is 0 Å². The molecule has 0 aliphatic carbocycles. The Bertz CT molecular complexity index is 1380. The van der Waals surface area contributed by atoms with E-state index >= 15 is 0 Å². The summed E-state index contributed by atoms with van der Waals surface area (Å²) in [5.41, 5.74) is 5.70. The van der Waals surface area contributed by atoms with Gasteiger partial charge < -0.3 is 60.0 Å². The summed E-state index contributed by atoms with van der Waals surface area (Å²) in [5, 5.41) is 26.4. The topological polar surface area (TPSA) is 332 Å². The van der Waals surface area contributed by atoms with Crippen molar-refractivity contribution in [2.75, 3.05) is 31.6 Å². The minimum Gasteiger partial charge on any atom is -0.790 e. The fourth-order valence-corrected chi connectivity index (χ4v) is 6.65. The number of aliphatic hydroxyl groups is 2. The van der Waals surface area contributed by atoms with Crippen molar-refractivity contribution in [1.82, 2.24) is 24.8 Å². The van der Waals surface area contributed by atoms with Crippen molar-refractivity contribution >= 4 is 46.4 Å². The Kier molecular flexibility index (Phi) is 22.8. The smallest absolute Gasteiger partial charge is 0.790 e. The molecule has 3 heterocycles. The Morgan fingerprint density at radius 1 is 0.957 bits per heavy atom. The van der Waals surface area contributed by atoms with Crippen LogP contribution < -0.4 is 111 Å². The number of ether oxygens (including phenoxy) is 1. The molecule has 1 aliphatic rings. The molecule has 2 aromatic rings. The summed E-state index contributed by atoms with van der Waals surface area (Å²) >= 11 is 0. The minimum atomic E-state index is -6.18. The maximum Gasteiger partial charge on any atom is 1.00 e. The zero-order valence-electron chi connectivity index (χ0n) is 25.6. The number of aromatic nitrogens is 4. The van der Waals surface area contributed by atoms with E-state index in [4.69, 9.17) is 10.5 Å². The summed E-state index contributed by atoms with van der Waals surface area (Å²) in [4.78, 5) is 68.3. The molecule has 238 valence electrons. The van der Waals surface area contributed by atoms with Gasteiger partial charge >= 0.3 is 75.4 Å². The SMILES string of the molecule is NCCCCCCNC(=O)CNc1ncnc2c1ncn2[C@@H]1O[C@H](COP(=O)([O-])OP(=O)([O-])OP(=O)([O-])[O-])[C@@H](O)[C@H]1O.[Li+].[Li+].[Li+].[Li+]. The standard InChI is InChI=1S/C18H32N7O14P3.4Li/c19-5-3-1-2-4-6-20-12(26)7-21-16-13-17(23-9-22-16)25(10-24-13)18-15(28)14(27)11(37-18)8-36-41(32,33)39-42(34,35)38-40(29,30)31;;;;/h9-11,14-15,18,27-28H,1-8,19H2,(H,20,26)(H,32,33)(H,34,35)(H,21,22,23)(H2,29,30,31);;;;/q;4*+1/p-4/t11-,14-,15-,18-;;;;/m1..../s1. The first-order chi connectivity index (χ1) is 19.6. The van der Waals surface area contributed by atoms with Crippen LogP contribution in [-0.4, -0.2) is 80.2 Å². The molecule has 0 aromatic carbocycles.